The monoisotopic (exact) mass is 351 g/mol. The van der Waals surface area contributed by atoms with Crippen LogP contribution in [0.2, 0.25) is 0 Å². The van der Waals surface area contributed by atoms with Crippen molar-refractivity contribution in [1.82, 2.24) is 4.98 Å². The van der Waals surface area contributed by atoms with Crippen LogP contribution in [0.5, 0.6) is 0 Å². The SMILES string of the molecule is O=C(CCc1ncc(-c2ccc(F)cc2)o1)OCC=Cc1ccccc1. The molecule has 2 aromatic carbocycles. The van der Waals surface area contributed by atoms with Crippen LogP contribution < -0.4 is 0 Å². The number of benzene rings is 2. The number of ether oxygens (including phenoxy) is 1. The van der Waals surface area contributed by atoms with Gasteiger partial charge in [0.15, 0.2) is 11.7 Å². The molecule has 0 unspecified atom stereocenters. The zero-order valence-corrected chi connectivity index (χ0v) is 14.1. The summed E-state index contributed by atoms with van der Waals surface area (Å²) in [6.07, 6.45) is 5.79. The Morgan fingerprint density at radius 2 is 1.88 bits per heavy atom. The van der Waals surface area contributed by atoms with E-state index in [0.717, 1.165) is 11.1 Å². The molecule has 5 heteroatoms. The predicted octanol–water partition coefficient (Wildman–Crippen LogP) is 4.67. The Balaban J connectivity index is 1.43. The molecular formula is C21H18FNO3. The molecule has 0 amide bonds. The molecule has 0 radical (unpaired) electrons. The first-order chi connectivity index (χ1) is 12.7. The Hall–Kier alpha value is -3.21. The van der Waals surface area contributed by atoms with E-state index in [-0.39, 0.29) is 24.8 Å². The Kier molecular flexibility index (Phi) is 5.93. The molecule has 132 valence electrons. The number of oxazole rings is 1. The number of hydrogen-bond acceptors (Lipinski definition) is 4. The maximum atomic E-state index is 12.9. The van der Waals surface area contributed by atoms with Crippen LogP contribution in [-0.2, 0) is 16.0 Å². The number of rotatable bonds is 7. The van der Waals surface area contributed by atoms with Gasteiger partial charge < -0.3 is 9.15 Å². The zero-order valence-electron chi connectivity index (χ0n) is 14.1. The number of aromatic nitrogens is 1. The maximum Gasteiger partial charge on any atom is 0.306 e. The van der Waals surface area contributed by atoms with Crippen LogP contribution >= 0.6 is 0 Å². The minimum absolute atomic E-state index is 0.183. The topological polar surface area (TPSA) is 52.3 Å². The summed E-state index contributed by atoms with van der Waals surface area (Å²) in [6, 6.07) is 15.7. The van der Waals surface area contributed by atoms with E-state index in [0.29, 0.717) is 18.1 Å². The molecule has 0 fully saturated rings. The third-order valence-electron chi connectivity index (χ3n) is 3.68. The van der Waals surface area contributed by atoms with E-state index in [2.05, 4.69) is 4.98 Å². The first kappa shape index (κ1) is 17.6. The second-order valence-corrected chi connectivity index (χ2v) is 5.62. The fourth-order valence-corrected chi connectivity index (χ4v) is 2.34. The van der Waals surface area contributed by atoms with Crippen molar-refractivity contribution >= 4 is 12.0 Å². The van der Waals surface area contributed by atoms with E-state index in [1.165, 1.54) is 12.1 Å². The molecular weight excluding hydrogens is 333 g/mol. The average Bonchev–Trinajstić information content (AvgIpc) is 3.14. The quantitative estimate of drug-likeness (QED) is 0.581. The van der Waals surface area contributed by atoms with Gasteiger partial charge in [-0.05, 0) is 35.9 Å². The molecule has 0 aliphatic carbocycles. The molecule has 0 N–H and O–H groups in total. The smallest absolute Gasteiger partial charge is 0.306 e. The van der Waals surface area contributed by atoms with Crippen molar-refractivity contribution in [3.8, 4) is 11.3 Å². The summed E-state index contributed by atoms with van der Waals surface area (Å²) < 4.78 is 23.7. The fraction of sp³-hybridized carbons (Fsp3) is 0.143. The summed E-state index contributed by atoms with van der Waals surface area (Å²) in [5.74, 6) is 0.363. The number of carbonyl (C=O) groups is 1. The van der Waals surface area contributed by atoms with Gasteiger partial charge in [0.25, 0.3) is 0 Å². The molecule has 3 aromatic rings. The molecule has 0 aliphatic heterocycles. The molecule has 0 saturated carbocycles. The highest BCUT2D eigenvalue weighted by Crippen LogP contribution is 2.21. The van der Waals surface area contributed by atoms with E-state index >= 15 is 0 Å². The number of esters is 1. The molecule has 0 atom stereocenters. The lowest BCUT2D eigenvalue weighted by Gasteiger charge is -2.00. The van der Waals surface area contributed by atoms with Crippen molar-refractivity contribution in [2.75, 3.05) is 6.61 Å². The van der Waals surface area contributed by atoms with E-state index in [1.807, 2.05) is 36.4 Å². The first-order valence-corrected chi connectivity index (χ1v) is 8.28. The van der Waals surface area contributed by atoms with Crippen LogP contribution in [0.1, 0.15) is 17.9 Å². The molecule has 0 bridgehead atoms. The lowest BCUT2D eigenvalue weighted by Crippen LogP contribution is -2.05. The van der Waals surface area contributed by atoms with Gasteiger partial charge in [-0.3, -0.25) is 4.79 Å². The van der Waals surface area contributed by atoms with E-state index in [4.69, 9.17) is 9.15 Å². The predicted molar refractivity (Wildman–Crippen MR) is 96.7 cm³/mol. The third-order valence-corrected chi connectivity index (χ3v) is 3.68. The van der Waals surface area contributed by atoms with E-state index in [9.17, 15) is 9.18 Å². The first-order valence-electron chi connectivity index (χ1n) is 8.28. The van der Waals surface area contributed by atoms with Gasteiger partial charge in [0.05, 0.1) is 12.6 Å². The van der Waals surface area contributed by atoms with Crippen LogP contribution in [0.25, 0.3) is 17.4 Å². The molecule has 26 heavy (non-hydrogen) atoms. The molecule has 0 aliphatic rings. The second kappa shape index (κ2) is 8.76. The van der Waals surface area contributed by atoms with Crippen LogP contribution in [-0.4, -0.2) is 17.6 Å². The lowest BCUT2D eigenvalue weighted by atomic mass is 10.2. The van der Waals surface area contributed by atoms with Crippen molar-refractivity contribution in [3.63, 3.8) is 0 Å². The second-order valence-electron chi connectivity index (χ2n) is 5.62. The Morgan fingerprint density at radius 3 is 2.65 bits per heavy atom. The normalized spacial score (nSPS) is 11.0. The Morgan fingerprint density at radius 1 is 1.12 bits per heavy atom. The molecule has 4 nitrogen and oxygen atoms in total. The lowest BCUT2D eigenvalue weighted by molar-refractivity contribution is -0.142. The largest absolute Gasteiger partial charge is 0.461 e. The summed E-state index contributed by atoms with van der Waals surface area (Å²) in [4.78, 5) is 15.9. The standard InChI is InChI=1S/C21H18FNO3/c22-18-10-8-17(9-11-18)19-15-23-20(26-19)12-13-21(24)25-14-4-7-16-5-2-1-3-6-16/h1-11,15H,12-14H2. The van der Waals surface area contributed by atoms with Gasteiger partial charge in [-0.1, -0.05) is 36.4 Å². The van der Waals surface area contributed by atoms with E-state index < -0.39 is 0 Å². The minimum Gasteiger partial charge on any atom is -0.461 e. The van der Waals surface area contributed by atoms with Gasteiger partial charge >= 0.3 is 5.97 Å². The van der Waals surface area contributed by atoms with Gasteiger partial charge in [-0.25, -0.2) is 9.37 Å². The van der Waals surface area contributed by atoms with Crippen LogP contribution in [0, 0.1) is 5.82 Å². The number of aryl methyl sites for hydroxylation is 1. The van der Waals surface area contributed by atoms with Crippen molar-refractivity contribution < 1.29 is 18.3 Å². The van der Waals surface area contributed by atoms with Crippen LogP contribution in [0.3, 0.4) is 0 Å². The van der Waals surface area contributed by atoms with Crippen molar-refractivity contribution in [3.05, 3.63) is 84.1 Å². The van der Waals surface area contributed by atoms with Gasteiger partial charge in [0.1, 0.15) is 12.4 Å². The molecule has 1 heterocycles. The van der Waals surface area contributed by atoms with Gasteiger partial charge in [-0.2, -0.15) is 0 Å². The Bertz CT molecular complexity index is 870. The summed E-state index contributed by atoms with van der Waals surface area (Å²) in [5, 5.41) is 0. The van der Waals surface area contributed by atoms with Gasteiger partial charge in [0, 0.05) is 12.0 Å². The highest BCUT2D eigenvalue weighted by Gasteiger charge is 2.09. The highest BCUT2D eigenvalue weighted by atomic mass is 19.1. The zero-order chi connectivity index (χ0) is 18.2. The Labute approximate surface area is 151 Å². The summed E-state index contributed by atoms with van der Waals surface area (Å²) in [6.45, 7) is 0.222. The maximum absolute atomic E-state index is 12.9. The van der Waals surface area contributed by atoms with Gasteiger partial charge in [0.2, 0.25) is 0 Å². The van der Waals surface area contributed by atoms with Crippen LogP contribution in [0.15, 0.2) is 71.3 Å². The number of carbonyl (C=O) groups excluding carboxylic acids is 1. The third kappa shape index (κ3) is 5.14. The van der Waals surface area contributed by atoms with Crippen molar-refractivity contribution in [2.24, 2.45) is 0 Å². The molecule has 3 rings (SSSR count). The summed E-state index contributed by atoms with van der Waals surface area (Å²) >= 11 is 0. The molecule has 0 saturated heterocycles. The van der Waals surface area contributed by atoms with Crippen molar-refractivity contribution in [2.45, 2.75) is 12.8 Å². The van der Waals surface area contributed by atoms with Crippen LogP contribution in [0.4, 0.5) is 4.39 Å². The molecule has 1 aromatic heterocycles. The fourth-order valence-electron chi connectivity index (χ4n) is 2.34. The highest BCUT2D eigenvalue weighted by molar-refractivity contribution is 5.69. The van der Waals surface area contributed by atoms with Crippen molar-refractivity contribution in [1.29, 1.82) is 0 Å². The summed E-state index contributed by atoms with van der Waals surface area (Å²) in [5.41, 5.74) is 1.79. The number of halogens is 1. The average molecular weight is 351 g/mol. The van der Waals surface area contributed by atoms with E-state index in [1.54, 1.807) is 24.4 Å². The minimum atomic E-state index is -0.316. The number of hydrogen-bond donors (Lipinski definition) is 0. The number of nitrogens with zero attached hydrogens (tertiary/aromatic N) is 1. The molecule has 0 spiro atoms. The van der Waals surface area contributed by atoms with Gasteiger partial charge in [-0.15, -0.1) is 0 Å². The summed E-state index contributed by atoms with van der Waals surface area (Å²) in [7, 11) is 0.